The number of carbonyl (C=O) groups is 1. The summed E-state index contributed by atoms with van der Waals surface area (Å²) in [5, 5.41) is 9.70. The summed E-state index contributed by atoms with van der Waals surface area (Å²) in [7, 11) is 0. The number of rotatable bonds is 2. The molecule has 2 aromatic rings. The van der Waals surface area contributed by atoms with Crippen molar-refractivity contribution in [3.63, 3.8) is 0 Å². The monoisotopic (exact) mass is 265 g/mol. The summed E-state index contributed by atoms with van der Waals surface area (Å²) >= 11 is 3.41. The fourth-order valence-corrected chi connectivity index (χ4v) is 1.95. The van der Waals surface area contributed by atoms with Crippen LogP contribution in [0.3, 0.4) is 0 Å². The van der Waals surface area contributed by atoms with Crippen LogP contribution in [0.15, 0.2) is 34.9 Å². The molecule has 1 N–H and O–H groups in total. The van der Waals surface area contributed by atoms with E-state index in [0.717, 1.165) is 20.9 Å². The zero-order chi connectivity index (χ0) is 10.8. The van der Waals surface area contributed by atoms with Gasteiger partial charge in [-0.3, -0.25) is 9.78 Å². The van der Waals surface area contributed by atoms with Gasteiger partial charge in [-0.15, -0.1) is 0 Å². The van der Waals surface area contributed by atoms with Gasteiger partial charge in [0, 0.05) is 16.1 Å². The second kappa shape index (κ2) is 3.98. The highest BCUT2D eigenvalue weighted by Crippen LogP contribution is 2.25. The summed E-state index contributed by atoms with van der Waals surface area (Å²) in [6, 6.07) is 7.38. The van der Waals surface area contributed by atoms with Gasteiger partial charge >= 0.3 is 5.97 Å². The van der Waals surface area contributed by atoms with Gasteiger partial charge < -0.3 is 5.11 Å². The van der Waals surface area contributed by atoms with E-state index < -0.39 is 5.97 Å². The van der Waals surface area contributed by atoms with Gasteiger partial charge in [0.05, 0.1) is 11.9 Å². The van der Waals surface area contributed by atoms with E-state index in [2.05, 4.69) is 20.9 Å². The molecule has 15 heavy (non-hydrogen) atoms. The Balaban J connectivity index is 2.66. The lowest BCUT2D eigenvalue weighted by molar-refractivity contribution is -0.136. The molecule has 0 radical (unpaired) electrons. The summed E-state index contributed by atoms with van der Waals surface area (Å²) in [5.74, 6) is -0.843. The summed E-state index contributed by atoms with van der Waals surface area (Å²) in [4.78, 5) is 14.9. The molecular weight excluding hydrogens is 258 g/mol. The summed E-state index contributed by atoms with van der Waals surface area (Å²) in [6.07, 6.45) is 1.67. The Morgan fingerprint density at radius 1 is 1.40 bits per heavy atom. The summed E-state index contributed by atoms with van der Waals surface area (Å²) < 4.78 is 0.930. The smallest absolute Gasteiger partial charge is 0.307 e. The number of benzene rings is 1. The standard InChI is InChI=1S/C11H8BrNO2/c12-9-4-3-7(6-10(14)15)11-8(9)2-1-5-13-11/h1-5H,6H2,(H,14,15). The van der Waals surface area contributed by atoms with Gasteiger partial charge in [0.15, 0.2) is 0 Å². The first-order valence-electron chi connectivity index (χ1n) is 4.42. The molecule has 1 aromatic heterocycles. The predicted octanol–water partition coefficient (Wildman–Crippen LogP) is 2.62. The normalized spacial score (nSPS) is 10.5. The van der Waals surface area contributed by atoms with Crippen molar-refractivity contribution in [2.24, 2.45) is 0 Å². The Labute approximate surface area is 94.9 Å². The van der Waals surface area contributed by atoms with Crippen LogP contribution in [-0.2, 0) is 11.2 Å². The second-order valence-electron chi connectivity index (χ2n) is 3.18. The maximum absolute atomic E-state index is 10.7. The highest BCUT2D eigenvalue weighted by Gasteiger charge is 2.08. The zero-order valence-electron chi connectivity index (χ0n) is 7.77. The van der Waals surface area contributed by atoms with E-state index in [0.29, 0.717) is 0 Å². The van der Waals surface area contributed by atoms with Gasteiger partial charge in [0.25, 0.3) is 0 Å². The molecule has 1 heterocycles. The topological polar surface area (TPSA) is 50.2 Å². The zero-order valence-corrected chi connectivity index (χ0v) is 9.36. The number of halogens is 1. The van der Waals surface area contributed by atoms with Gasteiger partial charge in [0.2, 0.25) is 0 Å². The average Bonchev–Trinajstić information content (AvgIpc) is 2.22. The lowest BCUT2D eigenvalue weighted by atomic mass is 10.1. The first-order valence-corrected chi connectivity index (χ1v) is 5.21. The van der Waals surface area contributed by atoms with E-state index in [-0.39, 0.29) is 6.42 Å². The number of carboxylic acids is 1. The van der Waals surface area contributed by atoms with Crippen molar-refractivity contribution in [3.05, 3.63) is 40.5 Å². The fraction of sp³-hybridized carbons (Fsp3) is 0.0909. The van der Waals surface area contributed by atoms with Crippen molar-refractivity contribution in [1.29, 1.82) is 0 Å². The number of fused-ring (bicyclic) bond motifs is 1. The molecule has 0 spiro atoms. The average molecular weight is 266 g/mol. The molecule has 1 aromatic carbocycles. The van der Waals surface area contributed by atoms with Crippen LogP contribution >= 0.6 is 15.9 Å². The lowest BCUT2D eigenvalue weighted by Crippen LogP contribution is -2.01. The van der Waals surface area contributed by atoms with Crippen molar-refractivity contribution >= 4 is 32.8 Å². The quantitative estimate of drug-likeness (QED) is 0.908. The van der Waals surface area contributed by atoms with E-state index in [9.17, 15) is 4.79 Å². The number of carboxylic acid groups (broad SMARTS) is 1. The molecule has 0 aliphatic carbocycles. The third-order valence-corrected chi connectivity index (χ3v) is 2.83. The molecule has 2 rings (SSSR count). The number of aliphatic carboxylic acids is 1. The molecule has 0 saturated carbocycles. The summed E-state index contributed by atoms with van der Waals surface area (Å²) in [6.45, 7) is 0. The number of hydrogen-bond donors (Lipinski definition) is 1. The first kappa shape index (κ1) is 10.1. The Hall–Kier alpha value is -1.42. The molecule has 4 heteroatoms. The Bertz CT molecular complexity index is 525. The van der Waals surface area contributed by atoms with E-state index in [1.807, 2.05) is 18.2 Å². The number of pyridine rings is 1. The third-order valence-electron chi connectivity index (χ3n) is 2.14. The van der Waals surface area contributed by atoms with Crippen LogP contribution in [0, 0.1) is 0 Å². The molecule has 0 fully saturated rings. The molecule has 3 nitrogen and oxygen atoms in total. The molecule has 0 bridgehead atoms. The molecular formula is C11H8BrNO2. The number of hydrogen-bond acceptors (Lipinski definition) is 2. The highest BCUT2D eigenvalue weighted by molar-refractivity contribution is 9.10. The molecule has 76 valence electrons. The minimum absolute atomic E-state index is 0.000787. The maximum atomic E-state index is 10.7. The molecule has 0 aliphatic heterocycles. The SMILES string of the molecule is O=C(O)Cc1ccc(Br)c2cccnc12. The molecule has 0 aliphatic rings. The maximum Gasteiger partial charge on any atom is 0.307 e. The van der Waals surface area contributed by atoms with Crippen molar-refractivity contribution < 1.29 is 9.90 Å². The van der Waals surface area contributed by atoms with Gasteiger partial charge in [-0.2, -0.15) is 0 Å². The third kappa shape index (κ3) is 1.99. The van der Waals surface area contributed by atoms with Crippen LogP contribution in [0.5, 0.6) is 0 Å². The van der Waals surface area contributed by atoms with Gasteiger partial charge in [-0.25, -0.2) is 0 Å². The highest BCUT2D eigenvalue weighted by atomic mass is 79.9. The first-order chi connectivity index (χ1) is 7.18. The lowest BCUT2D eigenvalue weighted by Gasteiger charge is -2.04. The van der Waals surface area contributed by atoms with Crippen LogP contribution < -0.4 is 0 Å². The molecule has 0 amide bonds. The number of aromatic nitrogens is 1. The van der Waals surface area contributed by atoms with E-state index >= 15 is 0 Å². The van der Waals surface area contributed by atoms with Gasteiger partial charge in [0.1, 0.15) is 0 Å². The van der Waals surface area contributed by atoms with Gasteiger partial charge in [-0.05, 0) is 17.7 Å². The van der Waals surface area contributed by atoms with E-state index in [1.54, 1.807) is 12.3 Å². The Morgan fingerprint density at radius 3 is 2.93 bits per heavy atom. The van der Waals surface area contributed by atoms with Crippen LogP contribution in [0.4, 0.5) is 0 Å². The predicted molar refractivity (Wildman–Crippen MR) is 60.8 cm³/mol. The summed E-state index contributed by atoms with van der Waals surface area (Å²) in [5.41, 5.74) is 1.48. The van der Waals surface area contributed by atoms with Crippen LogP contribution in [0.2, 0.25) is 0 Å². The molecule has 0 saturated heterocycles. The largest absolute Gasteiger partial charge is 0.481 e. The Morgan fingerprint density at radius 2 is 2.20 bits per heavy atom. The Kier molecular flexibility index (Phi) is 2.68. The molecule has 0 atom stereocenters. The van der Waals surface area contributed by atoms with E-state index in [4.69, 9.17) is 5.11 Å². The van der Waals surface area contributed by atoms with Crippen molar-refractivity contribution in [1.82, 2.24) is 4.98 Å². The van der Waals surface area contributed by atoms with Crippen LogP contribution in [0.1, 0.15) is 5.56 Å². The van der Waals surface area contributed by atoms with Gasteiger partial charge in [-0.1, -0.05) is 28.1 Å². The van der Waals surface area contributed by atoms with Crippen LogP contribution in [-0.4, -0.2) is 16.1 Å². The van der Waals surface area contributed by atoms with Crippen molar-refractivity contribution in [2.75, 3.05) is 0 Å². The van der Waals surface area contributed by atoms with Crippen molar-refractivity contribution in [3.8, 4) is 0 Å². The second-order valence-corrected chi connectivity index (χ2v) is 4.03. The minimum Gasteiger partial charge on any atom is -0.481 e. The van der Waals surface area contributed by atoms with Crippen molar-refractivity contribution in [2.45, 2.75) is 6.42 Å². The minimum atomic E-state index is -0.843. The van der Waals surface area contributed by atoms with Crippen LogP contribution in [0.25, 0.3) is 10.9 Å². The molecule has 0 unspecified atom stereocenters. The fourth-order valence-electron chi connectivity index (χ4n) is 1.50. The van der Waals surface area contributed by atoms with E-state index in [1.165, 1.54) is 0 Å². The number of nitrogens with zero attached hydrogens (tertiary/aromatic N) is 1.